The van der Waals surface area contributed by atoms with E-state index in [4.69, 9.17) is 5.11 Å². The maximum Gasteiger partial charge on any atom is 0.450 e. The molecule has 0 saturated heterocycles. The molecular formula is C7H3F3N2O2S. The summed E-state index contributed by atoms with van der Waals surface area (Å²) in [6.07, 6.45) is -2.67. The highest BCUT2D eigenvalue weighted by molar-refractivity contribution is 7.19. The minimum absolute atomic E-state index is 0.153. The van der Waals surface area contributed by atoms with Crippen molar-refractivity contribution in [3.05, 3.63) is 23.1 Å². The number of aromatic carboxylic acids is 1. The van der Waals surface area contributed by atoms with E-state index in [1.54, 1.807) is 0 Å². The van der Waals surface area contributed by atoms with Gasteiger partial charge >= 0.3 is 12.1 Å². The minimum Gasteiger partial charge on any atom is -0.477 e. The fourth-order valence-corrected chi connectivity index (χ4v) is 1.92. The Balaban J connectivity index is 2.64. The predicted molar refractivity (Wildman–Crippen MR) is 45.0 cm³/mol. The summed E-state index contributed by atoms with van der Waals surface area (Å²) >= 11 is 0.743. The molecular weight excluding hydrogens is 233 g/mol. The monoisotopic (exact) mass is 236 g/mol. The van der Waals surface area contributed by atoms with Crippen LogP contribution in [0.2, 0.25) is 0 Å². The number of rotatable bonds is 1. The highest BCUT2D eigenvalue weighted by atomic mass is 32.1. The number of carboxylic acid groups (broad SMARTS) is 1. The predicted octanol–water partition coefficient (Wildman–Crippen LogP) is 2.11. The molecule has 2 rings (SSSR count). The van der Waals surface area contributed by atoms with Crippen molar-refractivity contribution in [2.75, 3.05) is 0 Å². The number of imidazole rings is 1. The molecule has 2 aromatic heterocycles. The number of alkyl halides is 3. The quantitative estimate of drug-likeness (QED) is 0.825. The molecule has 8 heteroatoms. The zero-order chi connectivity index (χ0) is 11.2. The van der Waals surface area contributed by atoms with Gasteiger partial charge in [0.1, 0.15) is 9.71 Å². The molecule has 0 saturated carbocycles. The van der Waals surface area contributed by atoms with Gasteiger partial charge in [-0.1, -0.05) is 0 Å². The van der Waals surface area contributed by atoms with Crippen LogP contribution in [0.5, 0.6) is 0 Å². The Labute approximate surface area is 84.6 Å². The summed E-state index contributed by atoms with van der Waals surface area (Å²) in [6.45, 7) is 0. The fourth-order valence-electron chi connectivity index (χ4n) is 1.11. The maximum atomic E-state index is 12.3. The van der Waals surface area contributed by atoms with Crippen molar-refractivity contribution in [3.63, 3.8) is 0 Å². The molecule has 0 aliphatic carbocycles. The third-order valence-corrected chi connectivity index (χ3v) is 2.70. The van der Waals surface area contributed by atoms with Crippen LogP contribution in [-0.2, 0) is 6.18 Å². The van der Waals surface area contributed by atoms with Crippen LogP contribution < -0.4 is 0 Å². The number of carboxylic acids is 1. The van der Waals surface area contributed by atoms with Gasteiger partial charge in [-0.2, -0.15) is 13.2 Å². The molecule has 0 aliphatic rings. The zero-order valence-electron chi connectivity index (χ0n) is 6.95. The summed E-state index contributed by atoms with van der Waals surface area (Å²) in [5.41, 5.74) is 0. The van der Waals surface area contributed by atoms with E-state index in [0.29, 0.717) is 0 Å². The molecule has 0 fully saturated rings. The first-order valence-electron chi connectivity index (χ1n) is 3.67. The van der Waals surface area contributed by atoms with Crippen molar-refractivity contribution in [1.82, 2.24) is 9.38 Å². The summed E-state index contributed by atoms with van der Waals surface area (Å²) in [5.74, 6) is -2.36. The standard InChI is InChI=1S/C7H3F3N2O2S/c8-7(9,10)6-11-1-4-12(6)2-3(15-4)5(13)14/h1-2H,(H,13,14). The Morgan fingerprint density at radius 1 is 1.53 bits per heavy atom. The summed E-state index contributed by atoms with van der Waals surface area (Å²) in [7, 11) is 0. The average molecular weight is 236 g/mol. The van der Waals surface area contributed by atoms with Crippen molar-refractivity contribution in [2.45, 2.75) is 6.18 Å². The number of carbonyl (C=O) groups is 1. The number of hydrogen-bond donors (Lipinski definition) is 1. The van der Waals surface area contributed by atoms with E-state index in [9.17, 15) is 18.0 Å². The summed E-state index contributed by atoms with van der Waals surface area (Å²) in [6, 6.07) is 0. The van der Waals surface area contributed by atoms with Crippen LogP contribution in [0.3, 0.4) is 0 Å². The highest BCUT2D eigenvalue weighted by Crippen LogP contribution is 2.31. The van der Waals surface area contributed by atoms with E-state index >= 15 is 0 Å². The lowest BCUT2D eigenvalue weighted by Crippen LogP contribution is -2.10. The first-order valence-corrected chi connectivity index (χ1v) is 4.48. The zero-order valence-corrected chi connectivity index (χ0v) is 7.76. The molecule has 0 unspecified atom stereocenters. The Morgan fingerprint density at radius 2 is 2.20 bits per heavy atom. The van der Waals surface area contributed by atoms with Crippen molar-refractivity contribution in [3.8, 4) is 0 Å². The molecule has 4 nitrogen and oxygen atoms in total. The van der Waals surface area contributed by atoms with Crippen molar-refractivity contribution in [1.29, 1.82) is 0 Å². The van der Waals surface area contributed by atoms with E-state index in [0.717, 1.165) is 28.1 Å². The normalized spacial score (nSPS) is 12.2. The molecule has 2 aromatic rings. The topological polar surface area (TPSA) is 54.6 Å². The van der Waals surface area contributed by atoms with E-state index < -0.39 is 18.0 Å². The highest BCUT2D eigenvalue weighted by Gasteiger charge is 2.36. The minimum atomic E-state index is -4.58. The molecule has 0 aromatic carbocycles. The Bertz CT molecular complexity index is 528. The van der Waals surface area contributed by atoms with Gasteiger partial charge in [0.2, 0.25) is 5.82 Å². The molecule has 0 aliphatic heterocycles. The SMILES string of the molecule is O=C(O)c1cn2c(C(F)(F)F)ncc2s1. The largest absolute Gasteiger partial charge is 0.477 e. The first kappa shape index (κ1) is 9.97. The summed E-state index contributed by atoms with van der Waals surface area (Å²) in [5, 5.41) is 8.59. The summed E-state index contributed by atoms with van der Waals surface area (Å²) in [4.78, 5) is 13.7. The maximum absolute atomic E-state index is 12.3. The van der Waals surface area contributed by atoms with Crippen LogP contribution in [0.15, 0.2) is 12.4 Å². The fraction of sp³-hybridized carbons (Fsp3) is 0.143. The number of thiazole rings is 1. The van der Waals surface area contributed by atoms with Crippen molar-refractivity contribution in [2.24, 2.45) is 0 Å². The van der Waals surface area contributed by atoms with Gasteiger partial charge in [-0.25, -0.2) is 9.78 Å². The van der Waals surface area contributed by atoms with E-state index in [-0.39, 0.29) is 9.71 Å². The number of halogens is 3. The molecule has 0 bridgehead atoms. The Hall–Kier alpha value is -1.57. The van der Waals surface area contributed by atoms with Crippen LogP contribution in [0.1, 0.15) is 15.5 Å². The van der Waals surface area contributed by atoms with Gasteiger partial charge in [-0.3, -0.25) is 4.40 Å². The van der Waals surface area contributed by atoms with Gasteiger partial charge < -0.3 is 5.11 Å². The Kier molecular flexibility index (Phi) is 1.97. The van der Waals surface area contributed by atoms with E-state index in [2.05, 4.69) is 4.98 Å². The second kappa shape index (κ2) is 2.96. The molecule has 0 spiro atoms. The van der Waals surface area contributed by atoms with Crippen LogP contribution in [0.4, 0.5) is 13.2 Å². The molecule has 1 N–H and O–H groups in total. The van der Waals surface area contributed by atoms with Gasteiger partial charge in [0.25, 0.3) is 0 Å². The second-order valence-corrected chi connectivity index (χ2v) is 3.75. The molecule has 0 atom stereocenters. The number of hydrogen-bond acceptors (Lipinski definition) is 3. The smallest absolute Gasteiger partial charge is 0.450 e. The van der Waals surface area contributed by atoms with Crippen molar-refractivity contribution < 1.29 is 23.1 Å². The van der Waals surface area contributed by atoms with Gasteiger partial charge in [0, 0.05) is 6.20 Å². The van der Waals surface area contributed by atoms with Crippen LogP contribution >= 0.6 is 11.3 Å². The molecule has 0 radical (unpaired) electrons. The van der Waals surface area contributed by atoms with Gasteiger partial charge in [-0.05, 0) is 0 Å². The number of nitrogens with zero attached hydrogens (tertiary/aromatic N) is 2. The lowest BCUT2D eigenvalue weighted by molar-refractivity contribution is -0.145. The molecule has 2 heterocycles. The summed E-state index contributed by atoms with van der Waals surface area (Å²) < 4.78 is 37.7. The van der Waals surface area contributed by atoms with Crippen LogP contribution in [0.25, 0.3) is 4.83 Å². The average Bonchev–Trinajstić information content (AvgIpc) is 2.56. The van der Waals surface area contributed by atoms with E-state index in [1.807, 2.05) is 0 Å². The van der Waals surface area contributed by atoms with Gasteiger partial charge in [-0.15, -0.1) is 11.3 Å². The van der Waals surface area contributed by atoms with Gasteiger partial charge in [0.15, 0.2) is 0 Å². The number of fused-ring (bicyclic) bond motifs is 1. The van der Waals surface area contributed by atoms with Crippen LogP contribution in [0, 0.1) is 0 Å². The molecule has 80 valence electrons. The van der Waals surface area contributed by atoms with Gasteiger partial charge in [0.05, 0.1) is 6.20 Å². The molecule has 0 amide bonds. The third kappa shape index (κ3) is 1.56. The van der Waals surface area contributed by atoms with E-state index in [1.165, 1.54) is 0 Å². The molecule has 15 heavy (non-hydrogen) atoms. The Morgan fingerprint density at radius 3 is 2.73 bits per heavy atom. The first-order chi connectivity index (χ1) is 6.89. The van der Waals surface area contributed by atoms with Crippen molar-refractivity contribution >= 4 is 22.1 Å². The second-order valence-electron chi connectivity index (χ2n) is 2.69. The number of aromatic nitrogens is 2. The lowest BCUT2D eigenvalue weighted by Gasteiger charge is -2.01. The third-order valence-electron chi connectivity index (χ3n) is 1.69. The lowest BCUT2D eigenvalue weighted by atomic mass is 10.5. The van der Waals surface area contributed by atoms with Crippen LogP contribution in [-0.4, -0.2) is 20.5 Å².